The van der Waals surface area contributed by atoms with Gasteiger partial charge < -0.3 is 9.64 Å². The third-order valence-electron chi connectivity index (χ3n) is 4.81. The van der Waals surface area contributed by atoms with Crippen molar-refractivity contribution in [3.63, 3.8) is 0 Å². The Morgan fingerprint density at radius 3 is 1.95 bits per heavy atom. The Labute approximate surface area is 133 Å². The number of benzene rings is 2. The predicted molar refractivity (Wildman–Crippen MR) is 90.7 cm³/mol. The second-order valence-corrected chi connectivity index (χ2v) is 6.49. The Morgan fingerprint density at radius 1 is 0.864 bits per heavy atom. The summed E-state index contributed by atoms with van der Waals surface area (Å²) in [5.41, 5.74) is 2.56. The van der Waals surface area contributed by atoms with E-state index >= 15 is 0 Å². The smallest absolute Gasteiger partial charge is 0.0873 e. The topological polar surface area (TPSA) is 12.5 Å². The summed E-state index contributed by atoms with van der Waals surface area (Å²) in [7, 11) is 4.35. The van der Waals surface area contributed by atoms with E-state index in [4.69, 9.17) is 4.74 Å². The minimum Gasteiger partial charge on any atom is -0.365 e. The van der Waals surface area contributed by atoms with Crippen LogP contribution in [0.3, 0.4) is 0 Å². The first-order valence-corrected chi connectivity index (χ1v) is 8.08. The highest BCUT2D eigenvalue weighted by atomic mass is 16.5. The van der Waals surface area contributed by atoms with Gasteiger partial charge >= 0.3 is 0 Å². The summed E-state index contributed by atoms with van der Waals surface area (Å²) in [6, 6.07) is 21.8. The number of hydrogen-bond acceptors (Lipinski definition) is 2. The molecule has 0 amide bonds. The molecule has 0 aromatic heterocycles. The van der Waals surface area contributed by atoms with Gasteiger partial charge in [-0.25, -0.2) is 0 Å². The molecule has 2 aromatic rings. The fraction of sp³-hybridized carbons (Fsp3) is 0.400. The lowest BCUT2D eigenvalue weighted by Gasteiger charge is -2.43. The van der Waals surface area contributed by atoms with Crippen molar-refractivity contribution in [2.75, 3.05) is 14.1 Å². The van der Waals surface area contributed by atoms with Crippen molar-refractivity contribution in [1.82, 2.24) is 4.90 Å². The fourth-order valence-corrected chi connectivity index (χ4v) is 3.58. The van der Waals surface area contributed by atoms with Gasteiger partial charge in [0.25, 0.3) is 0 Å². The molecule has 0 unspecified atom stereocenters. The average Bonchev–Trinajstić information content (AvgIpc) is 2.56. The first-order chi connectivity index (χ1) is 10.7. The number of nitrogens with zero attached hydrogens (tertiary/aromatic N) is 1. The lowest BCUT2D eigenvalue weighted by atomic mass is 9.82. The maximum atomic E-state index is 6.52. The van der Waals surface area contributed by atoms with E-state index < -0.39 is 0 Å². The second-order valence-electron chi connectivity index (χ2n) is 6.49. The van der Waals surface area contributed by atoms with E-state index in [0.29, 0.717) is 12.0 Å². The highest BCUT2D eigenvalue weighted by Crippen LogP contribution is 2.43. The summed E-state index contributed by atoms with van der Waals surface area (Å²) in [5.74, 6) is 0.470. The average molecular weight is 295 g/mol. The van der Waals surface area contributed by atoms with Gasteiger partial charge in [0.1, 0.15) is 0 Å². The number of hydrogen-bond donors (Lipinski definition) is 0. The zero-order chi connectivity index (χ0) is 15.5. The molecule has 0 saturated carbocycles. The second kappa shape index (κ2) is 6.64. The van der Waals surface area contributed by atoms with Crippen LogP contribution in [-0.4, -0.2) is 25.0 Å². The molecule has 4 atom stereocenters. The molecule has 0 aliphatic carbocycles. The highest BCUT2D eigenvalue weighted by Gasteiger charge is 2.38. The summed E-state index contributed by atoms with van der Waals surface area (Å²) in [6.07, 6.45) is 1.35. The van der Waals surface area contributed by atoms with Crippen LogP contribution in [0.5, 0.6) is 0 Å². The van der Waals surface area contributed by atoms with Crippen LogP contribution in [-0.2, 0) is 4.74 Å². The van der Waals surface area contributed by atoms with Crippen molar-refractivity contribution in [3.05, 3.63) is 71.8 Å². The van der Waals surface area contributed by atoms with E-state index in [2.05, 4.69) is 86.6 Å². The predicted octanol–water partition coefficient (Wildman–Crippen LogP) is 4.46. The molecule has 1 heterocycles. The third kappa shape index (κ3) is 3.08. The highest BCUT2D eigenvalue weighted by molar-refractivity contribution is 5.23. The van der Waals surface area contributed by atoms with E-state index in [9.17, 15) is 0 Å². The SMILES string of the molecule is C[C@@H]1[C@H](N(C)C)C[C@@H](c2ccccc2)O[C@H]1c1ccccc1. The first kappa shape index (κ1) is 15.3. The molecule has 2 nitrogen and oxygen atoms in total. The maximum absolute atomic E-state index is 6.52. The van der Waals surface area contributed by atoms with Crippen molar-refractivity contribution in [2.24, 2.45) is 5.92 Å². The molecule has 2 aromatic carbocycles. The van der Waals surface area contributed by atoms with Crippen LogP contribution >= 0.6 is 0 Å². The van der Waals surface area contributed by atoms with E-state index in [0.717, 1.165) is 6.42 Å². The lowest BCUT2D eigenvalue weighted by Crippen LogP contribution is -2.43. The van der Waals surface area contributed by atoms with Gasteiger partial charge in [-0.15, -0.1) is 0 Å². The molecule has 116 valence electrons. The minimum atomic E-state index is 0.146. The first-order valence-electron chi connectivity index (χ1n) is 8.08. The maximum Gasteiger partial charge on any atom is 0.0873 e. The molecule has 0 N–H and O–H groups in total. The Hall–Kier alpha value is -1.64. The van der Waals surface area contributed by atoms with Crippen LogP contribution in [0, 0.1) is 5.92 Å². The number of rotatable bonds is 3. The van der Waals surface area contributed by atoms with Gasteiger partial charge in [0.2, 0.25) is 0 Å². The van der Waals surface area contributed by atoms with E-state index in [1.54, 1.807) is 0 Å². The lowest BCUT2D eigenvalue weighted by molar-refractivity contribution is -0.114. The van der Waals surface area contributed by atoms with Gasteiger partial charge in [-0.2, -0.15) is 0 Å². The zero-order valence-corrected chi connectivity index (χ0v) is 13.6. The van der Waals surface area contributed by atoms with Crippen LogP contribution < -0.4 is 0 Å². The van der Waals surface area contributed by atoms with Crippen LogP contribution in [0.25, 0.3) is 0 Å². The monoisotopic (exact) mass is 295 g/mol. The molecule has 0 spiro atoms. The van der Waals surface area contributed by atoms with Crippen molar-refractivity contribution >= 4 is 0 Å². The fourth-order valence-electron chi connectivity index (χ4n) is 3.58. The Kier molecular flexibility index (Phi) is 4.60. The molecule has 1 aliphatic heterocycles. The summed E-state index contributed by atoms with van der Waals surface area (Å²) >= 11 is 0. The largest absolute Gasteiger partial charge is 0.365 e. The van der Waals surface area contributed by atoms with Gasteiger partial charge in [-0.05, 0) is 31.6 Å². The van der Waals surface area contributed by atoms with Crippen LogP contribution in [0.2, 0.25) is 0 Å². The quantitative estimate of drug-likeness (QED) is 0.829. The normalized spacial score (nSPS) is 28.7. The molecule has 0 bridgehead atoms. The molecule has 22 heavy (non-hydrogen) atoms. The molecular formula is C20H25NO. The van der Waals surface area contributed by atoms with E-state index in [-0.39, 0.29) is 12.2 Å². The van der Waals surface area contributed by atoms with Crippen molar-refractivity contribution in [3.8, 4) is 0 Å². The Morgan fingerprint density at radius 2 is 1.41 bits per heavy atom. The van der Waals surface area contributed by atoms with Gasteiger partial charge in [0, 0.05) is 12.0 Å². The molecule has 1 fully saturated rings. The number of ether oxygens (including phenoxy) is 1. The molecule has 1 saturated heterocycles. The molecular weight excluding hydrogens is 270 g/mol. The van der Waals surface area contributed by atoms with Crippen molar-refractivity contribution in [2.45, 2.75) is 31.6 Å². The summed E-state index contributed by atoms with van der Waals surface area (Å²) in [6.45, 7) is 2.31. The molecule has 1 aliphatic rings. The van der Waals surface area contributed by atoms with E-state index in [1.807, 2.05) is 0 Å². The standard InChI is InChI=1S/C20H25NO/c1-15-18(21(2)3)14-19(16-10-6-4-7-11-16)22-20(15)17-12-8-5-9-13-17/h4-13,15,18-20H,14H2,1-3H3/t15-,18-,19+,20-/m1/s1. The van der Waals surface area contributed by atoms with Gasteiger partial charge in [0.05, 0.1) is 12.2 Å². The molecule has 0 radical (unpaired) electrons. The van der Waals surface area contributed by atoms with Crippen LogP contribution in [0.4, 0.5) is 0 Å². The van der Waals surface area contributed by atoms with Crippen LogP contribution in [0.15, 0.2) is 60.7 Å². The Balaban J connectivity index is 1.92. The summed E-state index contributed by atoms with van der Waals surface area (Å²) < 4.78 is 6.52. The zero-order valence-electron chi connectivity index (χ0n) is 13.6. The molecule has 2 heteroatoms. The van der Waals surface area contributed by atoms with Crippen molar-refractivity contribution < 1.29 is 4.74 Å². The van der Waals surface area contributed by atoms with Gasteiger partial charge in [-0.3, -0.25) is 0 Å². The van der Waals surface area contributed by atoms with Crippen molar-refractivity contribution in [1.29, 1.82) is 0 Å². The van der Waals surface area contributed by atoms with Crippen LogP contribution in [0.1, 0.15) is 36.7 Å². The van der Waals surface area contributed by atoms with Gasteiger partial charge in [0.15, 0.2) is 0 Å². The summed E-state index contributed by atoms with van der Waals surface area (Å²) in [4.78, 5) is 2.35. The minimum absolute atomic E-state index is 0.146. The molecule has 3 rings (SSSR count). The Bertz CT molecular complexity index is 581. The third-order valence-corrected chi connectivity index (χ3v) is 4.81. The summed E-state index contributed by atoms with van der Waals surface area (Å²) in [5, 5.41) is 0. The van der Waals surface area contributed by atoms with E-state index in [1.165, 1.54) is 11.1 Å². The van der Waals surface area contributed by atoms with Gasteiger partial charge in [-0.1, -0.05) is 67.6 Å².